The van der Waals surface area contributed by atoms with E-state index in [1.165, 1.54) is 37.8 Å². The second-order valence-corrected chi connectivity index (χ2v) is 5.36. The Kier molecular flexibility index (Phi) is 3.82. The molecule has 0 amide bonds. The van der Waals surface area contributed by atoms with Gasteiger partial charge in [-0.2, -0.15) is 0 Å². The maximum atomic E-state index is 13.2. The standard InChI is InChI=1S/C15H21FO/c1-10-7-13(16)8-11(2)15(10)14(17)9-12-5-3-4-6-12/h7-8,12,14,17H,3-6,9H2,1-2H3. The van der Waals surface area contributed by atoms with E-state index >= 15 is 0 Å². The molecule has 1 aliphatic rings. The minimum Gasteiger partial charge on any atom is -0.388 e. The zero-order chi connectivity index (χ0) is 12.4. The van der Waals surface area contributed by atoms with Gasteiger partial charge in [0.1, 0.15) is 5.82 Å². The molecule has 1 saturated carbocycles. The van der Waals surface area contributed by atoms with Gasteiger partial charge in [0, 0.05) is 0 Å². The summed E-state index contributed by atoms with van der Waals surface area (Å²) in [4.78, 5) is 0. The smallest absolute Gasteiger partial charge is 0.123 e. The topological polar surface area (TPSA) is 20.2 Å². The summed E-state index contributed by atoms with van der Waals surface area (Å²) in [5.41, 5.74) is 2.67. The summed E-state index contributed by atoms with van der Waals surface area (Å²) in [5, 5.41) is 10.3. The average molecular weight is 236 g/mol. The largest absolute Gasteiger partial charge is 0.388 e. The molecule has 1 unspecified atom stereocenters. The Balaban J connectivity index is 2.15. The van der Waals surface area contributed by atoms with Crippen LogP contribution in [0.5, 0.6) is 0 Å². The molecule has 1 nitrogen and oxygen atoms in total. The van der Waals surface area contributed by atoms with Crippen molar-refractivity contribution in [3.8, 4) is 0 Å². The molecule has 0 spiro atoms. The molecule has 1 aromatic rings. The lowest BCUT2D eigenvalue weighted by atomic mass is 9.90. The Morgan fingerprint density at radius 1 is 1.24 bits per heavy atom. The quantitative estimate of drug-likeness (QED) is 0.839. The molecule has 0 aromatic heterocycles. The van der Waals surface area contributed by atoms with Gasteiger partial charge >= 0.3 is 0 Å². The minimum absolute atomic E-state index is 0.211. The molecule has 2 heteroatoms. The number of benzene rings is 1. The fourth-order valence-electron chi connectivity index (χ4n) is 3.13. The normalized spacial score (nSPS) is 18.6. The number of hydrogen-bond acceptors (Lipinski definition) is 1. The molecule has 1 N–H and O–H groups in total. The van der Waals surface area contributed by atoms with Crippen LogP contribution in [-0.2, 0) is 0 Å². The summed E-state index contributed by atoms with van der Waals surface area (Å²) >= 11 is 0. The van der Waals surface area contributed by atoms with Gasteiger partial charge in [-0.15, -0.1) is 0 Å². The number of aliphatic hydroxyl groups is 1. The van der Waals surface area contributed by atoms with Crippen LogP contribution in [0.25, 0.3) is 0 Å². The molecule has 0 radical (unpaired) electrons. The molecule has 94 valence electrons. The summed E-state index contributed by atoms with van der Waals surface area (Å²) in [7, 11) is 0. The Labute approximate surface area is 103 Å². The number of hydrogen-bond donors (Lipinski definition) is 1. The van der Waals surface area contributed by atoms with Gasteiger partial charge in [0.15, 0.2) is 0 Å². The minimum atomic E-state index is -0.432. The zero-order valence-corrected chi connectivity index (χ0v) is 10.7. The van der Waals surface area contributed by atoms with E-state index in [-0.39, 0.29) is 5.82 Å². The molecule has 17 heavy (non-hydrogen) atoms. The van der Waals surface area contributed by atoms with Crippen molar-refractivity contribution in [2.45, 2.75) is 52.1 Å². The number of rotatable bonds is 3. The average Bonchev–Trinajstić information content (AvgIpc) is 2.68. The highest BCUT2D eigenvalue weighted by Crippen LogP contribution is 2.35. The van der Waals surface area contributed by atoms with Gasteiger partial charge < -0.3 is 5.11 Å². The lowest BCUT2D eigenvalue weighted by Gasteiger charge is -2.19. The van der Waals surface area contributed by atoms with Crippen LogP contribution in [0.1, 0.15) is 54.9 Å². The molecule has 1 fully saturated rings. The SMILES string of the molecule is Cc1cc(F)cc(C)c1C(O)CC1CCCC1. The molecule has 2 rings (SSSR count). The van der Waals surface area contributed by atoms with Gasteiger partial charge in [0.25, 0.3) is 0 Å². The summed E-state index contributed by atoms with van der Waals surface area (Å²) in [6.07, 6.45) is 5.44. The Bertz CT molecular complexity index is 371. The van der Waals surface area contributed by atoms with Gasteiger partial charge in [-0.05, 0) is 55.0 Å². The third kappa shape index (κ3) is 2.86. The van der Waals surface area contributed by atoms with Crippen LogP contribution in [0.2, 0.25) is 0 Å². The molecule has 1 aliphatic carbocycles. The first-order chi connectivity index (χ1) is 8.08. The van der Waals surface area contributed by atoms with Crippen LogP contribution >= 0.6 is 0 Å². The highest BCUT2D eigenvalue weighted by Gasteiger charge is 2.22. The number of aryl methyl sites for hydroxylation is 2. The van der Waals surface area contributed by atoms with Gasteiger partial charge in [0.05, 0.1) is 6.10 Å². The summed E-state index contributed by atoms with van der Waals surface area (Å²) in [6.45, 7) is 3.76. The maximum Gasteiger partial charge on any atom is 0.123 e. The van der Waals surface area contributed by atoms with Gasteiger partial charge in [0.2, 0.25) is 0 Å². The fourth-order valence-corrected chi connectivity index (χ4v) is 3.13. The van der Waals surface area contributed by atoms with E-state index in [9.17, 15) is 9.50 Å². The van der Waals surface area contributed by atoms with E-state index in [0.717, 1.165) is 23.1 Å². The Hall–Kier alpha value is -0.890. The highest BCUT2D eigenvalue weighted by molar-refractivity contribution is 5.36. The summed E-state index contributed by atoms with van der Waals surface area (Å²) < 4.78 is 13.2. The van der Waals surface area contributed by atoms with Crippen LogP contribution in [0.15, 0.2) is 12.1 Å². The predicted octanol–water partition coefficient (Wildman–Crippen LogP) is 4.06. The first-order valence-electron chi connectivity index (χ1n) is 6.52. The monoisotopic (exact) mass is 236 g/mol. The molecule has 1 aromatic carbocycles. The van der Waals surface area contributed by atoms with E-state index in [1.54, 1.807) is 0 Å². The molecular formula is C15H21FO. The van der Waals surface area contributed by atoms with Crippen LogP contribution in [0, 0.1) is 25.6 Å². The maximum absolute atomic E-state index is 13.2. The van der Waals surface area contributed by atoms with Crippen molar-refractivity contribution < 1.29 is 9.50 Å². The second-order valence-electron chi connectivity index (χ2n) is 5.36. The number of halogens is 1. The van der Waals surface area contributed by atoms with Crippen molar-refractivity contribution in [2.75, 3.05) is 0 Å². The predicted molar refractivity (Wildman–Crippen MR) is 67.4 cm³/mol. The molecule has 0 bridgehead atoms. The molecule has 0 aliphatic heterocycles. The van der Waals surface area contributed by atoms with E-state index < -0.39 is 6.10 Å². The van der Waals surface area contributed by atoms with Crippen LogP contribution in [0.3, 0.4) is 0 Å². The zero-order valence-electron chi connectivity index (χ0n) is 10.7. The molecule has 0 saturated heterocycles. The van der Waals surface area contributed by atoms with Crippen LogP contribution in [0.4, 0.5) is 4.39 Å². The Morgan fingerprint density at radius 3 is 2.29 bits per heavy atom. The van der Waals surface area contributed by atoms with Crippen molar-refractivity contribution in [1.29, 1.82) is 0 Å². The van der Waals surface area contributed by atoms with E-state index in [1.807, 2.05) is 13.8 Å². The van der Waals surface area contributed by atoms with E-state index in [4.69, 9.17) is 0 Å². The summed E-state index contributed by atoms with van der Waals surface area (Å²) in [6, 6.07) is 3.03. The first-order valence-corrected chi connectivity index (χ1v) is 6.52. The summed E-state index contributed by atoms with van der Waals surface area (Å²) in [5.74, 6) is 0.436. The van der Waals surface area contributed by atoms with Crippen molar-refractivity contribution in [1.82, 2.24) is 0 Å². The third-order valence-corrected chi connectivity index (χ3v) is 3.92. The van der Waals surface area contributed by atoms with Crippen molar-refractivity contribution in [3.63, 3.8) is 0 Å². The molecule has 1 atom stereocenters. The van der Waals surface area contributed by atoms with Gasteiger partial charge in [-0.3, -0.25) is 0 Å². The van der Waals surface area contributed by atoms with E-state index in [2.05, 4.69) is 0 Å². The van der Waals surface area contributed by atoms with Crippen molar-refractivity contribution >= 4 is 0 Å². The van der Waals surface area contributed by atoms with Crippen molar-refractivity contribution in [3.05, 3.63) is 34.6 Å². The van der Waals surface area contributed by atoms with Crippen LogP contribution in [-0.4, -0.2) is 5.11 Å². The lowest BCUT2D eigenvalue weighted by Crippen LogP contribution is -2.08. The highest BCUT2D eigenvalue weighted by atomic mass is 19.1. The Morgan fingerprint density at radius 2 is 1.76 bits per heavy atom. The van der Waals surface area contributed by atoms with Crippen molar-refractivity contribution in [2.24, 2.45) is 5.92 Å². The fraction of sp³-hybridized carbons (Fsp3) is 0.600. The van der Waals surface area contributed by atoms with Crippen LogP contribution < -0.4 is 0 Å². The lowest BCUT2D eigenvalue weighted by molar-refractivity contribution is 0.143. The first kappa shape index (κ1) is 12.6. The van der Waals surface area contributed by atoms with Gasteiger partial charge in [-0.25, -0.2) is 4.39 Å². The second kappa shape index (κ2) is 5.18. The molecular weight excluding hydrogens is 215 g/mol. The molecule has 0 heterocycles. The third-order valence-electron chi connectivity index (χ3n) is 3.92. The number of aliphatic hydroxyl groups excluding tert-OH is 1. The van der Waals surface area contributed by atoms with Gasteiger partial charge in [-0.1, -0.05) is 25.7 Å². The van der Waals surface area contributed by atoms with E-state index in [0.29, 0.717) is 5.92 Å².